The summed E-state index contributed by atoms with van der Waals surface area (Å²) in [4.78, 5) is 3.78. The van der Waals surface area contributed by atoms with Gasteiger partial charge in [-0.15, -0.1) is 5.10 Å². The molecule has 0 aliphatic heterocycles. The van der Waals surface area contributed by atoms with Crippen LogP contribution in [0.15, 0.2) is 67.1 Å². The number of benzene rings is 2. The number of phenols is 1. The Balaban J connectivity index is 1.79. The normalized spacial score (nSPS) is 13.7. The van der Waals surface area contributed by atoms with Crippen molar-refractivity contribution in [3.63, 3.8) is 0 Å². The Kier molecular flexibility index (Phi) is 5.35. The van der Waals surface area contributed by atoms with E-state index in [2.05, 4.69) is 20.5 Å². The van der Waals surface area contributed by atoms with Crippen molar-refractivity contribution in [2.24, 2.45) is 0 Å². The van der Waals surface area contributed by atoms with Gasteiger partial charge in [0.2, 0.25) is 0 Å². The number of nitrogens with zero attached hydrogens (tertiary/aromatic N) is 5. The molecule has 32 heavy (non-hydrogen) atoms. The Morgan fingerprint density at radius 3 is 2.41 bits per heavy atom. The monoisotopic (exact) mass is 445 g/mol. The van der Waals surface area contributed by atoms with Crippen LogP contribution in [0, 0.1) is 11.6 Å². The first-order chi connectivity index (χ1) is 15.2. The molecule has 4 aromatic rings. The molecule has 1 atom stereocenters. The summed E-state index contributed by atoms with van der Waals surface area (Å²) in [6.07, 6.45) is 2.11. The predicted molar refractivity (Wildman–Crippen MR) is 103 cm³/mol. The molecule has 0 fully saturated rings. The molecule has 0 aliphatic carbocycles. The topological polar surface area (TPSA) is 97.0 Å². The SMILES string of the molecule is Oc1cccc(-c2ccc(C(F)(F)C(O)(Cn3cnnn3)c3ccc(F)cc3F)nc2)c1. The fourth-order valence-corrected chi connectivity index (χ4v) is 3.31. The number of rotatable bonds is 6. The summed E-state index contributed by atoms with van der Waals surface area (Å²) in [7, 11) is 0. The lowest BCUT2D eigenvalue weighted by molar-refractivity contribution is -0.207. The summed E-state index contributed by atoms with van der Waals surface area (Å²) in [5.41, 5.74) is -3.96. The zero-order valence-electron chi connectivity index (χ0n) is 16.2. The predicted octanol–water partition coefficient (Wildman–Crippen LogP) is 3.40. The minimum absolute atomic E-state index is 0.0143. The Bertz CT molecular complexity index is 1240. The number of tetrazole rings is 1. The summed E-state index contributed by atoms with van der Waals surface area (Å²) in [6.45, 7) is -0.939. The molecule has 0 aliphatic rings. The molecule has 1 unspecified atom stereocenters. The van der Waals surface area contributed by atoms with Crippen LogP contribution < -0.4 is 0 Å². The minimum atomic E-state index is -4.14. The van der Waals surface area contributed by atoms with Crippen molar-refractivity contribution in [3.8, 4) is 16.9 Å². The first-order valence-electron chi connectivity index (χ1n) is 9.23. The lowest BCUT2D eigenvalue weighted by Crippen LogP contribution is -2.48. The van der Waals surface area contributed by atoms with E-state index >= 15 is 8.78 Å². The summed E-state index contributed by atoms with van der Waals surface area (Å²) >= 11 is 0. The zero-order valence-corrected chi connectivity index (χ0v) is 16.2. The maximum atomic E-state index is 15.7. The Morgan fingerprint density at radius 1 is 0.969 bits per heavy atom. The summed E-state index contributed by atoms with van der Waals surface area (Å²) in [6, 6.07) is 10.3. The fraction of sp³-hybridized carbons (Fsp3) is 0.143. The standard InChI is InChI=1S/C21H15F4N5O2/c22-15-5-6-17(18(23)9-15)20(32,11-30-12-27-28-29-30)21(24,25)19-7-4-14(10-26-19)13-2-1-3-16(31)8-13/h1-10,12,31-32H,11H2. The lowest BCUT2D eigenvalue weighted by atomic mass is 9.84. The van der Waals surface area contributed by atoms with E-state index in [1.54, 1.807) is 12.1 Å². The lowest BCUT2D eigenvalue weighted by Gasteiger charge is -2.35. The second kappa shape index (κ2) is 8.00. The molecule has 2 aromatic heterocycles. The van der Waals surface area contributed by atoms with E-state index < -0.39 is 41.0 Å². The van der Waals surface area contributed by atoms with Gasteiger partial charge in [-0.1, -0.05) is 18.2 Å². The fourth-order valence-electron chi connectivity index (χ4n) is 3.31. The van der Waals surface area contributed by atoms with Gasteiger partial charge in [0.05, 0.1) is 6.54 Å². The van der Waals surface area contributed by atoms with E-state index in [0.29, 0.717) is 17.2 Å². The quantitative estimate of drug-likeness (QED) is 0.442. The summed E-state index contributed by atoms with van der Waals surface area (Å²) in [5.74, 6) is -6.52. The molecule has 164 valence electrons. The number of phenolic OH excluding ortho intramolecular Hbond substituents is 1. The van der Waals surface area contributed by atoms with Crippen molar-refractivity contribution in [2.45, 2.75) is 18.1 Å². The molecule has 2 N–H and O–H groups in total. The molecule has 0 saturated carbocycles. The van der Waals surface area contributed by atoms with E-state index in [1.807, 2.05) is 0 Å². The van der Waals surface area contributed by atoms with Gasteiger partial charge in [0.25, 0.3) is 0 Å². The first kappa shape index (κ1) is 21.4. The minimum Gasteiger partial charge on any atom is -0.508 e. The van der Waals surface area contributed by atoms with Gasteiger partial charge in [0, 0.05) is 23.4 Å². The van der Waals surface area contributed by atoms with Crippen LogP contribution in [0.1, 0.15) is 11.3 Å². The number of halogens is 4. The van der Waals surface area contributed by atoms with Crippen molar-refractivity contribution < 1.29 is 27.8 Å². The smallest absolute Gasteiger partial charge is 0.323 e. The maximum Gasteiger partial charge on any atom is 0.323 e. The highest BCUT2D eigenvalue weighted by molar-refractivity contribution is 5.64. The van der Waals surface area contributed by atoms with E-state index in [9.17, 15) is 19.0 Å². The van der Waals surface area contributed by atoms with Crippen LogP contribution in [0.4, 0.5) is 17.6 Å². The molecule has 4 rings (SSSR count). The second-order valence-electron chi connectivity index (χ2n) is 7.05. The van der Waals surface area contributed by atoms with Crippen molar-refractivity contribution in [3.05, 3.63) is 90.0 Å². The van der Waals surface area contributed by atoms with Crippen LogP contribution in [-0.4, -0.2) is 35.4 Å². The molecular weight excluding hydrogens is 430 g/mol. The Morgan fingerprint density at radius 2 is 1.78 bits per heavy atom. The number of hydrogen-bond acceptors (Lipinski definition) is 6. The van der Waals surface area contributed by atoms with Gasteiger partial charge in [-0.05, 0) is 46.3 Å². The van der Waals surface area contributed by atoms with Crippen LogP contribution in [0.25, 0.3) is 11.1 Å². The molecule has 11 heteroatoms. The van der Waals surface area contributed by atoms with Crippen LogP contribution in [0.3, 0.4) is 0 Å². The maximum absolute atomic E-state index is 15.7. The zero-order chi connectivity index (χ0) is 22.9. The molecule has 2 aromatic carbocycles. The van der Waals surface area contributed by atoms with Gasteiger partial charge in [-0.25, -0.2) is 13.5 Å². The molecule has 0 bridgehead atoms. The van der Waals surface area contributed by atoms with Gasteiger partial charge < -0.3 is 10.2 Å². The van der Waals surface area contributed by atoms with Crippen LogP contribution in [0.5, 0.6) is 5.75 Å². The molecule has 0 radical (unpaired) electrons. The average molecular weight is 445 g/mol. The number of hydrogen-bond donors (Lipinski definition) is 2. The third kappa shape index (κ3) is 3.78. The van der Waals surface area contributed by atoms with E-state index in [4.69, 9.17) is 0 Å². The number of pyridine rings is 1. The molecule has 0 saturated heterocycles. The Hall–Kier alpha value is -3.86. The van der Waals surface area contributed by atoms with Crippen LogP contribution in [-0.2, 0) is 18.1 Å². The molecule has 7 nitrogen and oxygen atoms in total. The van der Waals surface area contributed by atoms with Gasteiger partial charge in [-0.3, -0.25) is 4.98 Å². The highest BCUT2D eigenvalue weighted by Crippen LogP contribution is 2.46. The second-order valence-corrected chi connectivity index (χ2v) is 7.05. The van der Waals surface area contributed by atoms with Crippen molar-refractivity contribution in [2.75, 3.05) is 0 Å². The van der Waals surface area contributed by atoms with E-state index in [1.165, 1.54) is 18.2 Å². The van der Waals surface area contributed by atoms with E-state index in [-0.39, 0.29) is 5.75 Å². The van der Waals surface area contributed by atoms with Crippen molar-refractivity contribution in [1.29, 1.82) is 0 Å². The molecule has 2 heterocycles. The Labute approximate surface area is 178 Å². The molecule has 0 amide bonds. The number of alkyl halides is 2. The van der Waals surface area contributed by atoms with Crippen molar-refractivity contribution in [1.82, 2.24) is 25.2 Å². The van der Waals surface area contributed by atoms with Gasteiger partial charge >= 0.3 is 5.92 Å². The molecule has 0 spiro atoms. The van der Waals surface area contributed by atoms with Gasteiger partial charge in [-0.2, -0.15) is 8.78 Å². The number of aromatic nitrogens is 5. The van der Waals surface area contributed by atoms with Crippen LogP contribution in [0.2, 0.25) is 0 Å². The van der Waals surface area contributed by atoms with Crippen molar-refractivity contribution >= 4 is 0 Å². The summed E-state index contributed by atoms with van der Waals surface area (Å²) in [5, 5.41) is 30.9. The van der Waals surface area contributed by atoms with Gasteiger partial charge in [0.15, 0.2) is 5.60 Å². The average Bonchev–Trinajstić information content (AvgIpc) is 3.26. The van der Waals surface area contributed by atoms with E-state index in [0.717, 1.165) is 35.4 Å². The third-order valence-corrected chi connectivity index (χ3v) is 4.94. The molecular formula is C21H15F4N5O2. The van der Waals surface area contributed by atoms with Crippen LogP contribution >= 0.6 is 0 Å². The first-order valence-corrected chi connectivity index (χ1v) is 9.23. The number of aliphatic hydroxyl groups is 1. The highest BCUT2D eigenvalue weighted by Gasteiger charge is 2.57. The largest absolute Gasteiger partial charge is 0.508 e. The third-order valence-electron chi connectivity index (χ3n) is 4.94. The van der Waals surface area contributed by atoms with Gasteiger partial charge in [0.1, 0.15) is 29.4 Å². The highest BCUT2D eigenvalue weighted by atomic mass is 19.3. The number of aromatic hydroxyl groups is 1. The summed E-state index contributed by atoms with van der Waals surface area (Å²) < 4.78 is 60.0.